The maximum absolute atomic E-state index is 9.79. The summed E-state index contributed by atoms with van der Waals surface area (Å²) in [4.78, 5) is 0. The van der Waals surface area contributed by atoms with Crippen LogP contribution in [0.2, 0.25) is 5.02 Å². The minimum Gasteiger partial charge on any atom is -0.455 e. The molecule has 1 aromatic heterocycles. The molecule has 1 N–H and O–H groups in total. The Morgan fingerprint density at radius 2 is 1.67 bits per heavy atom. The van der Waals surface area contributed by atoms with Crippen LogP contribution in [0.15, 0.2) is 71.1 Å². The van der Waals surface area contributed by atoms with Crippen molar-refractivity contribution >= 4 is 45.2 Å². The zero-order valence-electron chi connectivity index (χ0n) is 12.9. The quantitative estimate of drug-likeness (QED) is 0.482. The van der Waals surface area contributed by atoms with Gasteiger partial charge in [-0.3, -0.25) is 0 Å². The molecule has 0 saturated carbocycles. The van der Waals surface area contributed by atoms with Crippen LogP contribution in [-0.4, -0.2) is 11.7 Å². The first-order valence-electron chi connectivity index (χ1n) is 7.74. The largest absolute Gasteiger partial charge is 0.455 e. The van der Waals surface area contributed by atoms with Crippen LogP contribution in [0.25, 0.3) is 33.6 Å². The highest BCUT2D eigenvalue weighted by Crippen LogP contribution is 2.32. The lowest BCUT2D eigenvalue weighted by molar-refractivity contribution is 0.351. The van der Waals surface area contributed by atoms with E-state index in [0.717, 1.165) is 38.6 Å². The average Bonchev–Trinajstić information content (AvgIpc) is 3.00. The van der Waals surface area contributed by atoms with Gasteiger partial charge < -0.3 is 9.52 Å². The minimum absolute atomic E-state index is 0.0573. The Morgan fingerprint density at radius 1 is 0.917 bits per heavy atom. The van der Waals surface area contributed by atoms with Gasteiger partial charge in [-0.15, -0.1) is 0 Å². The van der Waals surface area contributed by atoms with Gasteiger partial charge in [0.2, 0.25) is 0 Å². The van der Waals surface area contributed by atoms with E-state index in [0.29, 0.717) is 5.02 Å². The molecule has 0 saturated heterocycles. The third kappa shape index (κ3) is 2.60. The summed E-state index contributed by atoms with van der Waals surface area (Å²) in [5.41, 5.74) is 4.40. The lowest BCUT2D eigenvalue weighted by Gasteiger charge is -2.05. The molecule has 4 rings (SSSR count). The van der Waals surface area contributed by atoms with Crippen molar-refractivity contribution < 1.29 is 9.52 Å². The molecule has 0 aliphatic heterocycles. The number of aliphatic hydroxyl groups is 1. The second-order valence-corrected chi connectivity index (χ2v) is 6.09. The van der Waals surface area contributed by atoms with Gasteiger partial charge in [-0.05, 0) is 35.4 Å². The Labute approximate surface area is 144 Å². The first-order valence-corrected chi connectivity index (χ1v) is 8.12. The number of para-hydroxylation sites is 2. The van der Waals surface area contributed by atoms with E-state index in [1.165, 1.54) is 0 Å². The van der Waals surface area contributed by atoms with Gasteiger partial charge >= 0.3 is 0 Å². The summed E-state index contributed by atoms with van der Waals surface area (Å²) in [5, 5.41) is 12.6. The van der Waals surface area contributed by atoms with E-state index in [1.807, 2.05) is 60.7 Å². The van der Waals surface area contributed by atoms with Gasteiger partial charge in [-0.1, -0.05) is 60.1 Å². The Bertz CT molecular complexity index is 1040. The fourth-order valence-corrected chi connectivity index (χ4v) is 3.08. The van der Waals surface area contributed by atoms with Crippen LogP contribution >= 0.6 is 11.6 Å². The minimum atomic E-state index is -0.0573. The van der Waals surface area contributed by atoms with Crippen molar-refractivity contribution in [1.82, 2.24) is 0 Å². The van der Waals surface area contributed by atoms with Crippen molar-refractivity contribution in [3.8, 4) is 0 Å². The number of furan rings is 1. The Morgan fingerprint density at radius 3 is 2.46 bits per heavy atom. The molecule has 0 bridgehead atoms. The monoisotopic (exact) mass is 334 g/mol. The van der Waals surface area contributed by atoms with Gasteiger partial charge in [-0.25, -0.2) is 0 Å². The van der Waals surface area contributed by atoms with E-state index in [2.05, 4.69) is 12.1 Å². The molecule has 4 aromatic rings. The standard InChI is InChI=1S/C21H15ClO2/c22-17-10-8-14(9-11-17)16(13-23)12-15-4-3-6-19-18-5-1-2-7-20(18)24-21(15)19/h1-12,23H,13H2/b16-12+. The van der Waals surface area contributed by atoms with Gasteiger partial charge in [0.15, 0.2) is 0 Å². The van der Waals surface area contributed by atoms with Crippen molar-refractivity contribution in [3.63, 3.8) is 0 Å². The third-order valence-corrected chi connectivity index (χ3v) is 4.40. The molecule has 0 atom stereocenters. The number of rotatable bonds is 3. The predicted molar refractivity (Wildman–Crippen MR) is 100 cm³/mol. The van der Waals surface area contributed by atoms with Gasteiger partial charge in [-0.2, -0.15) is 0 Å². The number of aliphatic hydroxyl groups excluding tert-OH is 1. The molecule has 0 radical (unpaired) electrons. The van der Waals surface area contributed by atoms with Crippen LogP contribution < -0.4 is 0 Å². The maximum atomic E-state index is 9.79. The molecule has 3 aromatic carbocycles. The normalized spacial score (nSPS) is 12.2. The number of hydrogen-bond acceptors (Lipinski definition) is 2. The molecule has 2 nitrogen and oxygen atoms in total. The maximum Gasteiger partial charge on any atom is 0.142 e. The van der Waals surface area contributed by atoms with Gasteiger partial charge in [0.05, 0.1) is 6.61 Å². The molecular weight excluding hydrogens is 320 g/mol. The van der Waals surface area contributed by atoms with Crippen LogP contribution in [0.1, 0.15) is 11.1 Å². The van der Waals surface area contributed by atoms with Gasteiger partial charge in [0.25, 0.3) is 0 Å². The Kier molecular flexibility index (Phi) is 3.85. The zero-order valence-corrected chi connectivity index (χ0v) is 13.6. The van der Waals surface area contributed by atoms with E-state index in [-0.39, 0.29) is 6.61 Å². The first-order chi connectivity index (χ1) is 11.8. The van der Waals surface area contributed by atoms with Crippen LogP contribution in [-0.2, 0) is 0 Å². The van der Waals surface area contributed by atoms with E-state index in [4.69, 9.17) is 16.0 Å². The average molecular weight is 335 g/mol. The van der Waals surface area contributed by atoms with Crippen LogP contribution in [0.5, 0.6) is 0 Å². The molecule has 0 amide bonds. The zero-order chi connectivity index (χ0) is 16.5. The topological polar surface area (TPSA) is 33.4 Å². The first kappa shape index (κ1) is 15.0. The fourth-order valence-electron chi connectivity index (χ4n) is 2.95. The molecule has 0 fully saturated rings. The predicted octanol–water partition coefficient (Wildman–Crippen LogP) is 5.77. The molecule has 0 spiro atoms. The smallest absolute Gasteiger partial charge is 0.142 e. The number of hydrogen-bond donors (Lipinski definition) is 1. The Hall–Kier alpha value is -2.55. The summed E-state index contributed by atoms with van der Waals surface area (Å²) < 4.78 is 6.04. The lowest BCUT2D eigenvalue weighted by atomic mass is 10.0. The summed E-state index contributed by atoms with van der Waals surface area (Å²) in [6.07, 6.45) is 1.97. The molecule has 118 valence electrons. The fraction of sp³-hybridized carbons (Fsp3) is 0.0476. The summed E-state index contributed by atoms with van der Waals surface area (Å²) in [6.45, 7) is -0.0573. The summed E-state index contributed by atoms with van der Waals surface area (Å²) in [6, 6.07) is 21.5. The van der Waals surface area contributed by atoms with E-state index < -0.39 is 0 Å². The van der Waals surface area contributed by atoms with Crippen LogP contribution in [0.3, 0.4) is 0 Å². The van der Waals surface area contributed by atoms with Crippen LogP contribution in [0, 0.1) is 0 Å². The van der Waals surface area contributed by atoms with Gasteiger partial charge in [0, 0.05) is 21.4 Å². The second-order valence-electron chi connectivity index (χ2n) is 5.66. The highest BCUT2D eigenvalue weighted by atomic mass is 35.5. The summed E-state index contributed by atoms with van der Waals surface area (Å²) in [7, 11) is 0. The highest BCUT2D eigenvalue weighted by molar-refractivity contribution is 6.30. The van der Waals surface area contributed by atoms with E-state index in [1.54, 1.807) is 0 Å². The van der Waals surface area contributed by atoms with Crippen molar-refractivity contribution in [2.24, 2.45) is 0 Å². The SMILES string of the molecule is OC/C(=C\c1cccc2c1oc1ccccc12)c1ccc(Cl)cc1. The Balaban J connectivity index is 1.90. The second kappa shape index (κ2) is 6.16. The molecule has 0 unspecified atom stereocenters. The molecule has 0 aliphatic carbocycles. The van der Waals surface area contributed by atoms with Gasteiger partial charge in [0.1, 0.15) is 11.2 Å². The van der Waals surface area contributed by atoms with Crippen LogP contribution in [0.4, 0.5) is 0 Å². The summed E-state index contributed by atoms with van der Waals surface area (Å²) in [5.74, 6) is 0. The molecule has 3 heteroatoms. The third-order valence-electron chi connectivity index (χ3n) is 4.15. The van der Waals surface area contributed by atoms with Crippen molar-refractivity contribution in [2.45, 2.75) is 0 Å². The van der Waals surface area contributed by atoms with E-state index in [9.17, 15) is 5.11 Å². The molecule has 24 heavy (non-hydrogen) atoms. The van der Waals surface area contributed by atoms with E-state index >= 15 is 0 Å². The van der Waals surface area contributed by atoms with Crippen molar-refractivity contribution in [2.75, 3.05) is 6.61 Å². The summed E-state index contributed by atoms with van der Waals surface area (Å²) >= 11 is 5.95. The number of fused-ring (bicyclic) bond motifs is 3. The lowest BCUT2D eigenvalue weighted by Crippen LogP contribution is -1.90. The number of benzene rings is 3. The number of halogens is 1. The molecular formula is C21H15ClO2. The molecule has 0 aliphatic rings. The van der Waals surface area contributed by atoms with Crippen molar-refractivity contribution in [3.05, 3.63) is 82.9 Å². The molecule has 1 heterocycles. The van der Waals surface area contributed by atoms with Crippen molar-refractivity contribution in [1.29, 1.82) is 0 Å². The highest BCUT2D eigenvalue weighted by Gasteiger charge is 2.10.